The smallest absolute Gasteiger partial charge is 0.00474 e. The van der Waals surface area contributed by atoms with Crippen molar-refractivity contribution < 1.29 is 0 Å². The lowest BCUT2D eigenvalue weighted by Crippen LogP contribution is -2.56. The Bertz CT molecular complexity index is 165. The number of hydrogen-bond donors (Lipinski definition) is 0. The molecule has 2 rings (SSSR count). The van der Waals surface area contributed by atoms with Crippen LogP contribution in [0.3, 0.4) is 0 Å². The van der Waals surface area contributed by atoms with Gasteiger partial charge in [0.1, 0.15) is 0 Å². The van der Waals surface area contributed by atoms with Crippen LogP contribution in [0.1, 0.15) is 39.5 Å². The normalized spacial score (nSPS) is 33.2. The van der Waals surface area contributed by atoms with Crippen LogP contribution in [-0.2, 0) is 0 Å². The third kappa shape index (κ3) is 1.39. The quantitative estimate of drug-likeness (QED) is 0.536. The van der Waals surface area contributed by atoms with E-state index in [2.05, 4.69) is 25.8 Å². The Morgan fingerprint density at radius 3 is 1.83 bits per heavy atom. The fourth-order valence-electron chi connectivity index (χ4n) is 2.87. The van der Waals surface area contributed by atoms with Gasteiger partial charge in [0.2, 0.25) is 0 Å². The zero-order chi connectivity index (χ0) is 8.82. The molecule has 2 fully saturated rings. The first-order valence-corrected chi connectivity index (χ1v) is 5.20. The number of likely N-dealkylation sites (tertiary alicyclic amines) is 1. The molecule has 0 aromatic carbocycles. The van der Waals surface area contributed by atoms with Crippen molar-refractivity contribution in [2.24, 2.45) is 10.8 Å². The van der Waals surface area contributed by atoms with Crippen LogP contribution in [0.2, 0.25) is 0 Å². The van der Waals surface area contributed by atoms with Crippen LogP contribution in [0, 0.1) is 10.8 Å². The molecule has 1 heteroatoms. The lowest BCUT2D eigenvalue weighted by molar-refractivity contribution is -0.0355. The van der Waals surface area contributed by atoms with Crippen molar-refractivity contribution in [3.8, 4) is 0 Å². The highest BCUT2D eigenvalue weighted by atomic mass is 15.2. The molecule has 1 saturated heterocycles. The second kappa shape index (κ2) is 2.47. The molecular formula is C11H21N. The molecule has 2 aliphatic rings. The van der Waals surface area contributed by atoms with Gasteiger partial charge in [-0.1, -0.05) is 13.8 Å². The van der Waals surface area contributed by atoms with E-state index >= 15 is 0 Å². The highest BCUT2D eigenvalue weighted by Crippen LogP contribution is 2.49. The molecule has 0 N–H and O–H groups in total. The molecule has 0 amide bonds. The van der Waals surface area contributed by atoms with Crippen LogP contribution in [0.15, 0.2) is 0 Å². The van der Waals surface area contributed by atoms with Crippen LogP contribution < -0.4 is 0 Å². The maximum atomic E-state index is 2.46. The zero-order valence-electron chi connectivity index (χ0n) is 8.69. The minimum atomic E-state index is 0.638. The molecule has 1 aliphatic carbocycles. The summed E-state index contributed by atoms with van der Waals surface area (Å²) in [6, 6.07) is 0. The SMILES string of the molecule is CN1CC2(CCC(C)(C)CC2)C1. The summed E-state index contributed by atoms with van der Waals surface area (Å²) in [5.74, 6) is 0. The van der Waals surface area contributed by atoms with Gasteiger partial charge in [-0.05, 0) is 43.6 Å². The second-order valence-electron chi connectivity index (χ2n) is 5.84. The minimum Gasteiger partial charge on any atom is -0.305 e. The van der Waals surface area contributed by atoms with E-state index in [-0.39, 0.29) is 0 Å². The Morgan fingerprint density at radius 2 is 1.42 bits per heavy atom. The Labute approximate surface area is 76.1 Å². The highest BCUT2D eigenvalue weighted by molar-refractivity contribution is 4.98. The topological polar surface area (TPSA) is 3.24 Å². The van der Waals surface area contributed by atoms with Gasteiger partial charge in [0.15, 0.2) is 0 Å². The number of rotatable bonds is 0. The minimum absolute atomic E-state index is 0.638. The molecule has 1 aliphatic heterocycles. The van der Waals surface area contributed by atoms with Gasteiger partial charge in [-0.25, -0.2) is 0 Å². The van der Waals surface area contributed by atoms with Crippen molar-refractivity contribution in [1.29, 1.82) is 0 Å². The summed E-state index contributed by atoms with van der Waals surface area (Å²) < 4.78 is 0. The average molecular weight is 167 g/mol. The van der Waals surface area contributed by atoms with E-state index in [9.17, 15) is 0 Å². The first-order chi connectivity index (χ1) is 5.52. The fraction of sp³-hybridized carbons (Fsp3) is 1.00. The van der Waals surface area contributed by atoms with E-state index in [4.69, 9.17) is 0 Å². The summed E-state index contributed by atoms with van der Waals surface area (Å²) >= 11 is 0. The molecule has 1 nitrogen and oxygen atoms in total. The number of hydrogen-bond acceptors (Lipinski definition) is 1. The third-order valence-corrected chi connectivity index (χ3v) is 3.87. The zero-order valence-corrected chi connectivity index (χ0v) is 8.69. The Morgan fingerprint density at radius 1 is 0.917 bits per heavy atom. The molecule has 0 unspecified atom stereocenters. The van der Waals surface area contributed by atoms with Crippen molar-refractivity contribution in [3.63, 3.8) is 0 Å². The van der Waals surface area contributed by atoms with Crippen LogP contribution in [0.4, 0.5) is 0 Å². The summed E-state index contributed by atoms with van der Waals surface area (Å²) in [7, 11) is 2.24. The lowest BCUT2D eigenvalue weighted by Gasteiger charge is -2.54. The van der Waals surface area contributed by atoms with Crippen molar-refractivity contribution in [3.05, 3.63) is 0 Å². The largest absolute Gasteiger partial charge is 0.305 e. The summed E-state index contributed by atoms with van der Waals surface area (Å²) in [5, 5.41) is 0. The molecule has 70 valence electrons. The van der Waals surface area contributed by atoms with Crippen molar-refractivity contribution >= 4 is 0 Å². The van der Waals surface area contributed by atoms with E-state index in [0.29, 0.717) is 5.41 Å². The molecule has 12 heavy (non-hydrogen) atoms. The maximum absolute atomic E-state index is 2.46. The van der Waals surface area contributed by atoms with Crippen LogP contribution in [0.25, 0.3) is 0 Å². The van der Waals surface area contributed by atoms with Crippen LogP contribution in [-0.4, -0.2) is 25.0 Å². The van der Waals surface area contributed by atoms with Gasteiger partial charge >= 0.3 is 0 Å². The van der Waals surface area contributed by atoms with E-state index in [1.165, 1.54) is 38.8 Å². The molecule has 1 heterocycles. The van der Waals surface area contributed by atoms with Gasteiger partial charge in [-0.2, -0.15) is 0 Å². The van der Waals surface area contributed by atoms with E-state index < -0.39 is 0 Å². The first-order valence-electron chi connectivity index (χ1n) is 5.20. The van der Waals surface area contributed by atoms with Crippen molar-refractivity contribution in [2.45, 2.75) is 39.5 Å². The van der Waals surface area contributed by atoms with E-state index in [1.54, 1.807) is 0 Å². The standard InChI is InChI=1S/C11H21N/c1-10(2)4-6-11(7-5-10)8-12(3)9-11/h4-9H2,1-3H3. The molecule has 1 saturated carbocycles. The van der Waals surface area contributed by atoms with Gasteiger partial charge < -0.3 is 4.90 Å². The Balaban J connectivity index is 1.91. The van der Waals surface area contributed by atoms with Gasteiger partial charge in [-0.3, -0.25) is 0 Å². The Kier molecular flexibility index (Phi) is 1.76. The Hall–Kier alpha value is -0.0400. The lowest BCUT2D eigenvalue weighted by atomic mass is 9.62. The average Bonchev–Trinajstić information content (AvgIpc) is 1.92. The molecule has 0 atom stereocenters. The predicted molar refractivity (Wildman–Crippen MR) is 52.2 cm³/mol. The molecule has 0 aromatic heterocycles. The summed E-state index contributed by atoms with van der Waals surface area (Å²) in [6.45, 7) is 7.57. The third-order valence-electron chi connectivity index (χ3n) is 3.87. The monoisotopic (exact) mass is 167 g/mol. The summed E-state index contributed by atoms with van der Waals surface area (Å²) in [6.07, 6.45) is 5.84. The maximum Gasteiger partial charge on any atom is 0.00474 e. The van der Waals surface area contributed by atoms with Gasteiger partial charge in [0, 0.05) is 13.1 Å². The van der Waals surface area contributed by atoms with Crippen molar-refractivity contribution in [2.75, 3.05) is 20.1 Å². The molecule has 1 spiro atoms. The van der Waals surface area contributed by atoms with Crippen LogP contribution >= 0.6 is 0 Å². The summed E-state index contributed by atoms with van der Waals surface area (Å²) in [4.78, 5) is 2.46. The predicted octanol–water partition coefficient (Wildman–Crippen LogP) is 2.52. The van der Waals surface area contributed by atoms with Crippen LogP contribution in [0.5, 0.6) is 0 Å². The molecule has 0 aromatic rings. The van der Waals surface area contributed by atoms with E-state index in [1.807, 2.05) is 0 Å². The van der Waals surface area contributed by atoms with Crippen molar-refractivity contribution in [1.82, 2.24) is 4.90 Å². The van der Waals surface area contributed by atoms with Gasteiger partial charge in [0.05, 0.1) is 0 Å². The second-order valence-corrected chi connectivity index (χ2v) is 5.84. The highest BCUT2D eigenvalue weighted by Gasteiger charge is 2.44. The molecule has 0 radical (unpaired) electrons. The van der Waals surface area contributed by atoms with Gasteiger partial charge in [-0.15, -0.1) is 0 Å². The fourth-order valence-corrected chi connectivity index (χ4v) is 2.87. The summed E-state index contributed by atoms with van der Waals surface area (Å²) in [5.41, 5.74) is 1.39. The molecule has 0 bridgehead atoms. The van der Waals surface area contributed by atoms with E-state index in [0.717, 1.165) is 5.41 Å². The molecular weight excluding hydrogens is 146 g/mol. The first kappa shape index (κ1) is 8.55. The van der Waals surface area contributed by atoms with Gasteiger partial charge in [0.25, 0.3) is 0 Å². The number of nitrogens with zero attached hydrogens (tertiary/aromatic N) is 1.